The molecule has 0 radical (unpaired) electrons. The lowest BCUT2D eigenvalue weighted by molar-refractivity contribution is -0.142. The Hall–Kier alpha value is -4.64. The standard InChI is InChI=1S/C37H44N2O8S/c1-9-44-33(40)21-29-14-13-27(24(2)39-48(42,43)37(6,7)8)20-32(29)46-23-26-18-30-15-16-45-34(30)31(19-26)28-12-10-11-25(17-28)22-38-35(41)47-36(3,4)5/h10-20H,9,21-23H2,1-8H3,(H,38,41). The first-order valence-corrected chi connectivity index (χ1v) is 17.2. The molecule has 256 valence electrons. The highest BCUT2D eigenvalue weighted by Gasteiger charge is 2.29. The maximum atomic E-state index is 12.8. The number of amides is 1. The zero-order valence-electron chi connectivity index (χ0n) is 28.8. The van der Waals surface area contributed by atoms with Gasteiger partial charge in [0.05, 0.1) is 29.7 Å². The maximum absolute atomic E-state index is 12.8. The minimum atomic E-state index is -3.78. The number of carbonyl (C=O) groups excluding carboxylic acids is 2. The second-order valence-electron chi connectivity index (χ2n) is 13.4. The van der Waals surface area contributed by atoms with Crippen molar-refractivity contribution in [2.75, 3.05) is 6.61 Å². The van der Waals surface area contributed by atoms with Crippen molar-refractivity contribution in [3.05, 3.63) is 89.2 Å². The molecule has 1 aromatic heterocycles. The van der Waals surface area contributed by atoms with E-state index in [9.17, 15) is 18.0 Å². The fraction of sp³-hybridized carbons (Fsp3) is 0.378. The van der Waals surface area contributed by atoms with E-state index in [-0.39, 0.29) is 26.2 Å². The molecule has 1 amide bonds. The van der Waals surface area contributed by atoms with Crippen molar-refractivity contribution in [3.8, 4) is 16.9 Å². The number of sulfonamides is 1. The molecule has 1 heterocycles. The average molecular weight is 677 g/mol. The molecule has 1 N–H and O–H groups in total. The first-order valence-electron chi connectivity index (χ1n) is 15.7. The van der Waals surface area contributed by atoms with Gasteiger partial charge in [-0.2, -0.15) is 4.40 Å². The fourth-order valence-corrected chi connectivity index (χ4v) is 5.48. The number of furan rings is 1. The van der Waals surface area contributed by atoms with Crippen molar-refractivity contribution in [2.24, 2.45) is 4.40 Å². The number of esters is 1. The van der Waals surface area contributed by atoms with Crippen LogP contribution in [0.5, 0.6) is 5.75 Å². The topological polar surface area (TPSA) is 134 Å². The van der Waals surface area contributed by atoms with Crippen LogP contribution in [0.1, 0.15) is 77.6 Å². The van der Waals surface area contributed by atoms with E-state index < -0.39 is 32.4 Å². The Morgan fingerprint density at radius 3 is 2.38 bits per heavy atom. The van der Waals surface area contributed by atoms with E-state index in [1.165, 1.54) is 0 Å². The van der Waals surface area contributed by atoms with E-state index >= 15 is 0 Å². The summed E-state index contributed by atoms with van der Waals surface area (Å²) in [5, 5.41) is 3.67. The van der Waals surface area contributed by atoms with Crippen LogP contribution in [-0.2, 0) is 43.9 Å². The Balaban J connectivity index is 1.64. The van der Waals surface area contributed by atoms with Gasteiger partial charge < -0.3 is 23.9 Å². The van der Waals surface area contributed by atoms with Crippen LogP contribution in [0.25, 0.3) is 22.1 Å². The number of fused-ring (bicyclic) bond motifs is 1. The van der Waals surface area contributed by atoms with Crippen LogP contribution in [-0.4, -0.2) is 43.1 Å². The van der Waals surface area contributed by atoms with Crippen molar-refractivity contribution >= 4 is 38.8 Å². The van der Waals surface area contributed by atoms with E-state index in [0.717, 1.165) is 27.6 Å². The first-order chi connectivity index (χ1) is 22.5. The van der Waals surface area contributed by atoms with Crippen LogP contribution in [0.3, 0.4) is 0 Å². The highest BCUT2D eigenvalue weighted by Crippen LogP contribution is 2.33. The number of rotatable bonds is 11. The third kappa shape index (κ3) is 9.47. The lowest BCUT2D eigenvalue weighted by Gasteiger charge is -2.19. The van der Waals surface area contributed by atoms with Gasteiger partial charge in [0, 0.05) is 28.6 Å². The average Bonchev–Trinajstić information content (AvgIpc) is 3.46. The lowest BCUT2D eigenvalue weighted by atomic mass is 9.99. The van der Waals surface area contributed by atoms with Crippen molar-refractivity contribution in [2.45, 2.75) is 85.3 Å². The van der Waals surface area contributed by atoms with Gasteiger partial charge in [-0.05, 0) is 102 Å². The Morgan fingerprint density at radius 2 is 1.69 bits per heavy atom. The Bertz CT molecular complexity index is 1930. The number of hydrogen-bond acceptors (Lipinski definition) is 8. The Kier molecular flexibility index (Phi) is 11.0. The molecule has 0 spiro atoms. The molecule has 11 heteroatoms. The summed E-state index contributed by atoms with van der Waals surface area (Å²) in [6, 6.07) is 18.7. The van der Waals surface area contributed by atoms with Crippen LogP contribution >= 0.6 is 0 Å². The van der Waals surface area contributed by atoms with Crippen molar-refractivity contribution in [1.29, 1.82) is 0 Å². The van der Waals surface area contributed by atoms with Gasteiger partial charge >= 0.3 is 12.1 Å². The fourth-order valence-electron chi connectivity index (χ4n) is 4.74. The second-order valence-corrected chi connectivity index (χ2v) is 15.8. The first kappa shape index (κ1) is 36.2. The molecule has 3 aromatic carbocycles. The molecule has 0 aliphatic heterocycles. The van der Waals surface area contributed by atoms with Gasteiger partial charge in [-0.3, -0.25) is 4.79 Å². The molecule has 48 heavy (non-hydrogen) atoms. The largest absolute Gasteiger partial charge is 0.489 e. The third-order valence-corrected chi connectivity index (χ3v) is 9.30. The monoisotopic (exact) mass is 676 g/mol. The number of nitrogens with zero attached hydrogens (tertiary/aromatic N) is 1. The van der Waals surface area contributed by atoms with E-state index in [0.29, 0.717) is 28.2 Å². The van der Waals surface area contributed by atoms with Gasteiger partial charge in [0.15, 0.2) is 0 Å². The van der Waals surface area contributed by atoms with Crippen LogP contribution in [0.15, 0.2) is 75.7 Å². The molecule has 0 saturated carbocycles. The minimum absolute atomic E-state index is 0.0178. The summed E-state index contributed by atoms with van der Waals surface area (Å²) in [5.41, 5.74) is 5.00. The summed E-state index contributed by atoms with van der Waals surface area (Å²) in [5.74, 6) is 0.00579. The summed E-state index contributed by atoms with van der Waals surface area (Å²) in [7, 11) is -3.78. The van der Waals surface area contributed by atoms with Crippen molar-refractivity contribution in [3.63, 3.8) is 0 Å². The van der Waals surface area contributed by atoms with Gasteiger partial charge in [-0.1, -0.05) is 30.3 Å². The van der Waals surface area contributed by atoms with E-state index in [2.05, 4.69) is 9.71 Å². The molecular weight excluding hydrogens is 632 g/mol. The lowest BCUT2D eigenvalue weighted by Crippen LogP contribution is -2.32. The minimum Gasteiger partial charge on any atom is -0.489 e. The number of hydrogen-bond donors (Lipinski definition) is 1. The molecule has 0 fully saturated rings. The SMILES string of the molecule is CCOC(=O)Cc1ccc(C(C)=NS(=O)(=O)C(C)(C)C)cc1OCc1cc(-c2cccc(CNC(=O)OC(C)(C)C)c2)c2occc2c1. The normalized spacial score (nSPS) is 12.5. The van der Waals surface area contributed by atoms with Gasteiger partial charge in [0.1, 0.15) is 23.5 Å². The molecule has 0 atom stereocenters. The molecule has 0 unspecified atom stereocenters. The summed E-state index contributed by atoms with van der Waals surface area (Å²) in [6.07, 6.45) is 1.11. The molecular formula is C37H44N2O8S. The molecule has 0 aliphatic carbocycles. The molecule has 4 aromatic rings. The summed E-state index contributed by atoms with van der Waals surface area (Å²) in [4.78, 5) is 24.6. The van der Waals surface area contributed by atoms with Crippen LogP contribution in [0.4, 0.5) is 4.79 Å². The van der Waals surface area contributed by atoms with Gasteiger partial charge in [-0.15, -0.1) is 0 Å². The third-order valence-electron chi connectivity index (χ3n) is 7.24. The van der Waals surface area contributed by atoms with Crippen LogP contribution in [0, 0.1) is 0 Å². The van der Waals surface area contributed by atoms with Crippen LogP contribution in [0.2, 0.25) is 0 Å². The number of nitrogens with one attached hydrogen (secondary N) is 1. The quantitative estimate of drug-likeness (QED) is 0.126. The molecule has 0 saturated heterocycles. The molecule has 0 aliphatic rings. The zero-order valence-corrected chi connectivity index (χ0v) is 29.6. The van der Waals surface area contributed by atoms with Gasteiger partial charge in [0.2, 0.25) is 0 Å². The van der Waals surface area contributed by atoms with Gasteiger partial charge in [0.25, 0.3) is 10.0 Å². The van der Waals surface area contributed by atoms with Gasteiger partial charge in [-0.25, -0.2) is 13.2 Å². The molecule has 0 bridgehead atoms. The Morgan fingerprint density at radius 1 is 0.938 bits per heavy atom. The maximum Gasteiger partial charge on any atom is 0.407 e. The molecule has 10 nitrogen and oxygen atoms in total. The highest BCUT2D eigenvalue weighted by atomic mass is 32.2. The second kappa shape index (κ2) is 14.6. The van der Waals surface area contributed by atoms with E-state index in [4.69, 9.17) is 18.6 Å². The number of ether oxygens (including phenoxy) is 3. The Labute approximate surface area is 282 Å². The van der Waals surface area contributed by atoms with E-state index in [1.807, 2.05) is 63.2 Å². The van der Waals surface area contributed by atoms with Crippen molar-refractivity contribution in [1.82, 2.24) is 5.32 Å². The highest BCUT2D eigenvalue weighted by molar-refractivity contribution is 7.91. The summed E-state index contributed by atoms with van der Waals surface area (Å²) < 4.78 is 51.3. The number of alkyl carbamates (subject to hydrolysis) is 1. The smallest absolute Gasteiger partial charge is 0.407 e. The molecule has 4 rings (SSSR count). The predicted molar refractivity (Wildman–Crippen MR) is 187 cm³/mol. The zero-order chi connectivity index (χ0) is 35.3. The predicted octanol–water partition coefficient (Wildman–Crippen LogP) is 7.75. The summed E-state index contributed by atoms with van der Waals surface area (Å²) in [6.45, 7) is 14.3. The van der Waals surface area contributed by atoms with Crippen molar-refractivity contribution < 1.29 is 36.6 Å². The van der Waals surface area contributed by atoms with E-state index in [1.54, 1.807) is 59.1 Å². The number of carbonyl (C=O) groups is 2. The number of benzene rings is 3. The van der Waals surface area contributed by atoms with Crippen LogP contribution < -0.4 is 10.1 Å². The summed E-state index contributed by atoms with van der Waals surface area (Å²) >= 11 is 0.